The van der Waals surface area contributed by atoms with Gasteiger partial charge in [-0.15, -0.1) is 0 Å². The van der Waals surface area contributed by atoms with Crippen molar-refractivity contribution in [3.63, 3.8) is 0 Å². The van der Waals surface area contributed by atoms with Crippen molar-refractivity contribution in [3.8, 4) is 11.1 Å². The fraction of sp³-hybridized carbons (Fsp3) is 0.412. The Bertz CT molecular complexity index is 666. The Kier molecular flexibility index (Phi) is 4.46. The summed E-state index contributed by atoms with van der Waals surface area (Å²) in [6, 6.07) is 4.54. The fourth-order valence-corrected chi connectivity index (χ4v) is 2.70. The molecule has 0 bridgehead atoms. The molecule has 4 heteroatoms. The molecule has 21 heavy (non-hydrogen) atoms. The zero-order valence-electron chi connectivity index (χ0n) is 13.3. The molecule has 0 atom stereocenters. The maximum atomic E-state index is 12.2. The van der Waals surface area contributed by atoms with E-state index in [1.54, 1.807) is 6.20 Å². The van der Waals surface area contributed by atoms with E-state index in [4.69, 9.17) is 0 Å². The third-order valence-electron chi connectivity index (χ3n) is 3.48. The van der Waals surface area contributed by atoms with Gasteiger partial charge in [-0.1, -0.05) is 0 Å². The number of anilines is 1. The lowest BCUT2D eigenvalue weighted by atomic mass is 10.1. The summed E-state index contributed by atoms with van der Waals surface area (Å²) in [5.41, 5.74) is 3.75. The molecule has 2 rings (SSSR count). The predicted octanol–water partition coefficient (Wildman–Crippen LogP) is 3.37. The van der Waals surface area contributed by atoms with Crippen LogP contribution in [0.3, 0.4) is 0 Å². The number of nitrogens with zero attached hydrogens (tertiary/aromatic N) is 2. The molecule has 0 radical (unpaired) electrons. The van der Waals surface area contributed by atoms with Crippen LogP contribution < -0.4 is 10.5 Å². The summed E-state index contributed by atoms with van der Waals surface area (Å²) in [6.07, 6.45) is 5.39. The summed E-state index contributed by atoms with van der Waals surface area (Å²) < 4.78 is 0. The lowest BCUT2D eigenvalue weighted by Gasteiger charge is -2.32. The second-order valence-electron chi connectivity index (χ2n) is 5.95. The van der Waals surface area contributed by atoms with E-state index in [2.05, 4.69) is 48.6 Å². The second kappa shape index (κ2) is 6.12. The molecule has 0 aliphatic rings. The van der Waals surface area contributed by atoms with Gasteiger partial charge in [0.25, 0.3) is 5.56 Å². The van der Waals surface area contributed by atoms with Gasteiger partial charge in [-0.25, -0.2) is 0 Å². The summed E-state index contributed by atoms with van der Waals surface area (Å²) in [7, 11) is 0. The molecule has 0 aromatic carbocycles. The molecule has 112 valence electrons. The zero-order chi connectivity index (χ0) is 15.6. The average Bonchev–Trinajstić information content (AvgIpc) is 2.40. The van der Waals surface area contributed by atoms with Crippen molar-refractivity contribution in [1.82, 2.24) is 9.97 Å². The minimum atomic E-state index is -0.0539. The topological polar surface area (TPSA) is 49.0 Å². The summed E-state index contributed by atoms with van der Waals surface area (Å²) in [4.78, 5) is 21.4. The van der Waals surface area contributed by atoms with Gasteiger partial charge < -0.3 is 9.88 Å². The van der Waals surface area contributed by atoms with Gasteiger partial charge in [0.2, 0.25) is 0 Å². The third-order valence-corrected chi connectivity index (χ3v) is 3.48. The van der Waals surface area contributed by atoms with E-state index >= 15 is 0 Å². The van der Waals surface area contributed by atoms with Crippen LogP contribution in [0.5, 0.6) is 0 Å². The Balaban J connectivity index is 2.54. The first kappa shape index (κ1) is 15.3. The lowest BCUT2D eigenvalue weighted by molar-refractivity contribution is 0.605. The van der Waals surface area contributed by atoms with Gasteiger partial charge in [0.15, 0.2) is 0 Å². The Morgan fingerprint density at radius 1 is 1.05 bits per heavy atom. The monoisotopic (exact) mass is 285 g/mol. The standard InChI is InChI=1S/C17H23N3O/c1-11(2)20(12(3)4)16-7-15(10-19-17(16)21)14-6-13(5)8-18-9-14/h6-12H,1-5H3,(H,19,21). The molecule has 1 N–H and O–H groups in total. The molecule has 0 fully saturated rings. The summed E-state index contributed by atoms with van der Waals surface area (Å²) in [5.74, 6) is 0. The molecule has 2 heterocycles. The molecule has 0 amide bonds. The van der Waals surface area contributed by atoms with Gasteiger partial charge >= 0.3 is 0 Å². The highest BCUT2D eigenvalue weighted by atomic mass is 16.1. The average molecular weight is 285 g/mol. The molecule has 0 unspecified atom stereocenters. The molecule has 0 spiro atoms. The smallest absolute Gasteiger partial charge is 0.271 e. The van der Waals surface area contributed by atoms with Gasteiger partial charge in [0.05, 0.1) is 0 Å². The molecule has 2 aromatic rings. The quantitative estimate of drug-likeness (QED) is 0.937. The van der Waals surface area contributed by atoms with Crippen molar-refractivity contribution >= 4 is 5.69 Å². The first-order valence-electron chi connectivity index (χ1n) is 7.33. The Morgan fingerprint density at radius 2 is 1.71 bits per heavy atom. The van der Waals surface area contributed by atoms with E-state index in [0.717, 1.165) is 16.7 Å². The third kappa shape index (κ3) is 3.32. The summed E-state index contributed by atoms with van der Waals surface area (Å²) >= 11 is 0. The highest BCUT2D eigenvalue weighted by molar-refractivity contribution is 5.67. The maximum Gasteiger partial charge on any atom is 0.271 e. The number of H-pyrrole nitrogens is 1. The first-order valence-corrected chi connectivity index (χ1v) is 7.33. The van der Waals surface area contributed by atoms with Crippen LogP contribution in [0.25, 0.3) is 11.1 Å². The Hall–Kier alpha value is -2.10. The Morgan fingerprint density at radius 3 is 2.29 bits per heavy atom. The number of rotatable bonds is 4. The largest absolute Gasteiger partial charge is 0.362 e. The molecule has 2 aromatic heterocycles. The van der Waals surface area contributed by atoms with Crippen LogP contribution >= 0.6 is 0 Å². The SMILES string of the molecule is Cc1cncc(-c2c[nH]c(=O)c(N(C(C)C)C(C)C)c2)c1. The number of hydrogen-bond donors (Lipinski definition) is 1. The maximum absolute atomic E-state index is 12.2. The highest BCUT2D eigenvalue weighted by Gasteiger charge is 2.18. The highest BCUT2D eigenvalue weighted by Crippen LogP contribution is 2.23. The van der Waals surface area contributed by atoms with Crippen LogP contribution in [0.15, 0.2) is 35.5 Å². The molecular weight excluding hydrogens is 262 g/mol. The molecular formula is C17H23N3O. The van der Waals surface area contributed by atoms with Crippen molar-refractivity contribution in [2.24, 2.45) is 0 Å². The van der Waals surface area contributed by atoms with Crippen molar-refractivity contribution in [3.05, 3.63) is 46.6 Å². The zero-order valence-corrected chi connectivity index (χ0v) is 13.3. The van der Waals surface area contributed by atoms with E-state index in [-0.39, 0.29) is 17.6 Å². The van der Waals surface area contributed by atoms with Crippen molar-refractivity contribution in [1.29, 1.82) is 0 Å². The number of aromatic amines is 1. The van der Waals surface area contributed by atoms with E-state index in [1.807, 2.05) is 25.4 Å². The number of aromatic nitrogens is 2. The molecule has 4 nitrogen and oxygen atoms in total. The summed E-state index contributed by atoms with van der Waals surface area (Å²) in [5, 5.41) is 0. The normalized spacial score (nSPS) is 11.2. The number of nitrogens with one attached hydrogen (secondary N) is 1. The minimum absolute atomic E-state index is 0.0539. The van der Waals surface area contributed by atoms with Gasteiger partial charge in [0, 0.05) is 41.8 Å². The van der Waals surface area contributed by atoms with Gasteiger partial charge in [-0.05, 0) is 52.3 Å². The Labute approximate surface area is 125 Å². The number of hydrogen-bond acceptors (Lipinski definition) is 3. The van der Waals surface area contributed by atoms with Crippen LogP contribution in [-0.2, 0) is 0 Å². The van der Waals surface area contributed by atoms with Crippen molar-refractivity contribution < 1.29 is 0 Å². The second-order valence-corrected chi connectivity index (χ2v) is 5.95. The van der Waals surface area contributed by atoms with Crippen LogP contribution in [-0.4, -0.2) is 22.1 Å². The molecule has 0 saturated heterocycles. The number of pyridine rings is 2. The van der Waals surface area contributed by atoms with E-state index < -0.39 is 0 Å². The van der Waals surface area contributed by atoms with Crippen LogP contribution in [0.4, 0.5) is 5.69 Å². The first-order chi connectivity index (χ1) is 9.90. The minimum Gasteiger partial charge on any atom is -0.362 e. The van der Waals surface area contributed by atoms with Crippen LogP contribution in [0.2, 0.25) is 0 Å². The van der Waals surface area contributed by atoms with Gasteiger partial charge in [0.1, 0.15) is 5.69 Å². The van der Waals surface area contributed by atoms with E-state index in [0.29, 0.717) is 5.69 Å². The predicted molar refractivity (Wildman–Crippen MR) is 87.8 cm³/mol. The molecule has 0 aliphatic carbocycles. The fourth-order valence-electron chi connectivity index (χ4n) is 2.70. The van der Waals surface area contributed by atoms with Crippen molar-refractivity contribution in [2.75, 3.05) is 4.90 Å². The van der Waals surface area contributed by atoms with E-state index in [9.17, 15) is 4.79 Å². The van der Waals surface area contributed by atoms with Crippen LogP contribution in [0.1, 0.15) is 33.3 Å². The summed E-state index contributed by atoms with van der Waals surface area (Å²) in [6.45, 7) is 10.4. The molecule has 0 saturated carbocycles. The number of aryl methyl sites for hydroxylation is 1. The van der Waals surface area contributed by atoms with Crippen molar-refractivity contribution in [2.45, 2.75) is 46.7 Å². The van der Waals surface area contributed by atoms with Gasteiger partial charge in [-0.2, -0.15) is 0 Å². The van der Waals surface area contributed by atoms with Crippen LogP contribution in [0, 0.1) is 6.92 Å². The molecule has 0 aliphatic heterocycles. The lowest BCUT2D eigenvalue weighted by Crippen LogP contribution is -2.40. The van der Waals surface area contributed by atoms with Gasteiger partial charge in [-0.3, -0.25) is 9.78 Å². The van der Waals surface area contributed by atoms with E-state index in [1.165, 1.54) is 0 Å².